The van der Waals surface area contributed by atoms with Crippen molar-refractivity contribution in [3.05, 3.63) is 83.1 Å². The second-order valence-corrected chi connectivity index (χ2v) is 9.99. The van der Waals surface area contributed by atoms with Gasteiger partial charge < -0.3 is 5.73 Å². The zero-order valence-corrected chi connectivity index (χ0v) is 19.7. The van der Waals surface area contributed by atoms with Crippen LogP contribution in [0.4, 0.5) is 8.78 Å². The van der Waals surface area contributed by atoms with Crippen LogP contribution >= 0.6 is 0 Å². The average molecular weight is 488 g/mol. The Morgan fingerprint density at radius 3 is 2.69 bits per heavy atom. The molecule has 1 saturated carbocycles. The fraction of sp³-hybridized carbons (Fsp3) is 0.308. The third kappa shape index (κ3) is 3.03. The highest BCUT2D eigenvalue weighted by molar-refractivity contribution is 5.76. The Morgan fingerprint density at radius 2 is 1.94 bits per heavy atom. The molecule has 1 fully saturated rings. The number of nitrogens with zero attached hydrogens (tertiary/aromatic N) is 6. The smallest absolute Gasteiger partial charge is 0.250 e. The van der Waals surface area contributed by atoms with Crippen molar-refractivity contribution in [1.29, 1.82) is 0 Å². The number of rotatable bonds is 5. The molecule has 8 nitrogen and oxygen atoms in total. The third-order valence-electron chi connectivity index (χ3n) is 7.89. The lowest BCUT2D eigenvalue weighted by atomic mass is 9.66. The van der Waals surface area contributed by atoms with Gasteiger partial charge in [-0.15, -0.1) is 5.10 Å². The van der Waals surface area contributed by atoms with Crippen LogP contribution in [-0.2, 0) is 16.6 Å². The van der Waals surface area contributed by atoms with Crippen molar-refractivity contribution in [2.75, 3.05) is 0 Å². The summed E-state index contributed by atoms with van der Waals surface area (Å²) in [5, 5.41) is 13.2. The van der Waals surface area contributed by atoms with Gasteiger partial charge in [0.25, 0.3) is 5.95 Å². The summed E-state index contributed by atoms with van der Waals surface area (Å²) in [6, 6.07) is 9.13. The SMILES string of the molecule is CC1(C)[C@H]2CC[C@@]1(c1ccnc(-n3ccc(CC(N)=O)n3)n1)c1nnc(-c3c(F)cccc3F)cc12. The molecule has 0 aliphatic heterocycles. The first-order valence-electron chi connectivity index (χ1n) is 11.7. The van der Waals surface area contributed by atoms with Gasteiger partial charge in [-0.1, -0.05) is 19.9 Å². The second kappa shape index (κ2) is 7.71. The fourth-order valence-corrected chi connectivity index (χ4v) is 6.20. The molecule has 2 bridgehead atoms. The molecule has 2 N–H and O–H groups in total. The summed E-state index contributed by atoms with van der Waals surface area (Å²) in [6.07, 6.45) is 5.09. The summed E-state index contributed by atoms with van der Waals surface area (Å²) < 4.78 is 30.5. The molecule has 3 heterocycles. The summed E-state index contributed by atoms with van der Waals surface area (Å²) in [4.78, 5) is 20.5. The topological polar surface area (TPSA) is 112 Å². The molecule has 2 aliphatic carbocycles. The van der Waals surface area contributed by atoms with Crippen molar-refractivity contribution in [3.63, 3.8) is 0 Å². The maximum atomic E-state index is 14.5. The molecule has 1 amide bonds. The van der Waals surface area contributed by atoms with E-state index in [0.29, 0.717) is 11.6 Å². The van der Waals surface area contributed by atoms with Gasteiger partial charge in [-0.3, -0.25) is 4.79 Å². The van der Waals surface area contributed by atoms with Crippen LogP contribution in [0, 0.1) is 17.0 Å². The van der Waals surface area contributed by atoms with Crippen LogP contribution in [-0.4, -0.2) is 35.9 Å². The number of primary amides is 1. The van der Waals surface area contributed by atoms with Gasteiger partial charge in [0.15, 0.2) is 0 Å². The number of benzene rings is 1. The number of carbonyl (C=O) groups is 1. The maximum Gasteiger partial charge on any atom is 0.250 e. The lowest BCUT2D eigenvalue weighted by Crippen LogP contribution is -2.38. The predicted molar refractivity (Wildman–Crippen MR) is 126 cm³/mol. The van der Waals surface area contributed by atoms with Gasteiger partial charge in [-0.25, -0.2) is 23.4 Å². The quantitative estimate of drug-likeness (QED) is 0.460. The van der Waals surface area contributed by atoms with E-state index in [4.69, 9.17) is 10.7 Å². The van der Waals surface area contributed by atoms with Gasteiger partial charge in [0.2, 0.25) is 5.91 Å². The number of fused-ring (bicyclic) bond motifs is 5. The molecule has 36 heavy (non-hydrogen) atoms. The first-order chi connectivity index (χ1) is 17.2. The van der Waals surface area contributed by atoms with Crippen LogP contribution in [0.2, 0.25) is 0 Å². The first kappa shape index (κ1) is 22.4. The summed E-state index contributed by atoms with van der Waals surface area (Å²) in [5.41, 5.74) is 7.52. The standard InChI is InChI=1S/C26H23F2N7O/c1-25(2)16-6-9-26(25,20-7-10-30-24(31-20)35-11-8-14(34-35)12-21(29)36)23-15(16)13-19(32-33-23)22-17(27)4-3-5-18(22)28/h3-5,7-8,10-11,13,16H,6,9,12H2,1-2H3,(H2,29,36)/t16-,26+/m0/s1. The van der Waals surface area contributed by atoms with Crippen molar-refractivity contribution in [2.45, 2.75) is 44.4 Å². The number of halogens is 2. The van der Waals surface area contributed by atoms with Crippen molar-refractivity contribution >= 4 is 5.91 Å². The molecular weight excluding hydrogens is 464 g/mol. The molecule has 0 unspecified atom stereocenters. The Balaban J connectivity index is 1.46. The van der Waals surface area contributed by atoms with Crippen LogP contribution in [0.5, 0.6) is 0 Å². The van der Waals surface area contributed by atoms with E-state index in [1.54, 1.807) is 24.5 Å². The normalized spacial score (nSPS) is 21.5. The maximum absolute atomic E-state index is 14.5. The second-order valence-electron chi connectivity index (χ2n) is 9.99. The van der Waals surface area contributed by atoms with Crippen LogP contribution in [0.3, 0.4) is 0 Å². The molecule has 182 valence electrons. The van der Waals surface area contributed by atoms with Crippen LogP contribution in [0.1, 0.15) is 55.3 Å². The van der Waals surface area contributed by atoms with Gasteiger partial charge in [-0.05, 0) is 60.1 Å². The van der Waals surface area contributed by atoms with Crippen molar-refractivity contribution in [1.82, 2.24) is 29.9 Å². The molecule has 0 saturated heterocycles. The van der Waals surface area contributed by atoms with E-state index >= 15 is 0 Å². The number of carbonyl (C=O) groups excluding carboxylic acids is 1. The molecule has 6 rings (SSSR count). The number of hydrogen-bond donors (Lipinski definition) is 1. The zero-order chi connectivity index (χ0) is 25.2. The van der Waals surface area contributed by atoms with Gasteiger partial charge >= 0.3 is 0 Å². The van der Waals surface area contributed by atoms with Crippen LogP contribution in [0.15, 0.2) is 48.8 Å². The van der Waals surface area contributed by atoms with Gasteiger partial charge in [0, 0.05) is 12.4 Å². The Morgan fingerprint density at radius 1 is 1.17 bits per heavy atom. The number of hydrogen-bond acceptors (Lipinski definition) is 6. The highest BCUT2D eigenvalue weighted by Gasteiger charge is 2.65. The van der Waals surface area contributed by atoms with E-state index in [1.807, 2.05) is 6.07 Å². The van der Waals surface area contributed by atoms with Crippen molar-refractivity contribution < 1.29 is 13.6 Å². The summed E-state index contributed by atoms with van der Waals surface area (Å²) >= 11 is 0. The molecule has 4 aromatic rings. The molecule has 2 aliphatic rings. The first-order valence-corrected chi connectivity index (χ1v) is 11.7. The van der Waals surface area contributed by atoms with Gasteiger partial charge in [-0.2, -0.15) is 10.2 Å². The largest absolute Gasteiger partial charge is 0.369 e. The predicted octanol–water partition coefficient (Wildman–Crippen LogP) is 3.63. The molecule has 2 atom stereocenters. The molecule has 3 aromatic heterocycles. The molecule has 1 aromatic carbocycles. The molecule has 0 spiro atoms. The minimum absolute atomic E-state index is 0.0270. The zero-order valence-electron chi connectivity index (χ0n) is 19.7. The number of aromatic nitrogens is 6. The minimum atomic E-state index is -0.670. The molecule has 0 radical (unpaired) electrons. The van der Waals surface area contributed by atoms with E-state index in [2.05, 4.69) is 34.1 Å². The summed E-state index contributed by atoms with van der Waals surface area (Å²) in [5.74, 6) is -1.32. The Labute approximate surface area is 205 Å². The molecular formula is C26H23F2N7O. The monoisotopic (exact) mass is 487 g/mol. The lowest BCUT2D eigenvalue weighted by Gasteiger charge is -2.37. The summed E-state index contributed by atoms with van der Waals surface area (Å²) in [7, 11) is 0. The van der Waals surface area contributed by atoms with E-state index in [0.717, 1.165) is 29.8 Å². The van der Waals surface area contributed by atoms with E-state index in [-0.39, 0.29) is 29.0 Å². The number of amides is 1. The Hall–Kier alpha value is -4.08. The van der Waals surface area contributed by atoms with Crippen molar-refractivity contribution in [2.24, 2.45) is 11.1 Å². The van der Waals surface area contributed by atoms with Gasteiger partial charge in [0.1, 0.15) is 11.6 Å². The third-order valence-corrected chi connectivity index (χ3v) is 7.89. The van der Waals surface area contributed by atoms with Crippen LogP contribution < -0.4 is 5.73 Å². The minimum Gasteiger partial charge on any atom is -0.369 e. The lowest BCUT2D eigenvalue weighted by molar-refractivity contribution is -0.117. The van der Waals surface area contributed by atoms with E-state index in [9.17, 15) is 13.6 Å². The fourth-order valence-electron chi connectivity index (χ4n) is 6.20. The Bertz CT molecular complexity index is 1510. The highest BCUT2D eigenvalue weighted by Crippen LogP contribution is 2.69. The number of nitrogens with two attached hydrogens (primary N) is 1. The highest BCUT2D eigenvalue weighted by atomic mass is 19.1. The van der Waals surface area contributed by atoms with Crippen LogP contribution in [0.25, 0.3) is 17.2 Å². The summed E-state index contributed by atoms with van der Waals surface area (Å²) in [6.45, 7) is 4.35. The molecule has 10 heteroatoms. The average Bonchev–Trinajstić information content (AvgIpc) is 3.46. The Kier molecular flexibility index (Phi) is 4.79. The van der Waals surface area contributed by atoms with E-state index < -0.39 is 23.0 Å². The van der Waals surface area contributed by atoms with Crippen molar-refractivity contribution in [3.8, 4) is 17.2 Å². The van der Waals surface area contributed by atoms with Gasteiger partial charge in [0.05, 0.1) is 40.2 Å². The van der Waals surface area contributed by atoms with E-state index in [1.165, 1.54) is 22.9 Å².